The SMILES string of the molecule is COC(=O)C1=CC(Cl)=CC(C(=O)OC)(c2cccnc2)C1=O. The monoisotopic (exact) mass is 321 g/mol. The van der Waals surface area contributed by atoms with Gasteiger partial charge in [-0.05, 0) is 23.8 Å². The van der Waals surface area contributed by atoms with Crippen molar-refractivity contribution in [3.05, 3.63) is 52.8 Å². The summed E-state index contributed by atoms with van der Waals surface area (Å²) in [4.78, 5) is 40.8. The van der Waals surface area contributed by atoms with Gasteiger partial charge < -0.3 is 9.47 Å². The van der Waals surface area contributed by atoms with E-state index in [1.807, 2.05) is 0 Å². The highest BCUT2D eigenvalue weighted by Crippen LogP contribution is 2.37. The molecule has 1 heterocycles. The second kappa shape index (κ2) is 6.11. The summed E-state index contributed by atoms with van der Waals surface area (Å²) in [6.45, 7) is 0. The molecule has 7 heteroatoms. The van der Waals surface area contributed by atoms with Crippen molar-refractivity contribution in [2.24, 2.45) is 0 Å². The lowest BCUT2D eigenvalue weighted by Gasteiger charge is -2.29. The Morgan fingerprint density at radius 2 is 2.00 bits per heavy atom. The largest absolute Gasteiger partial charge is 0.468 e. The zero-order chi connectivity index (χ0) is 16.3. The van der Waals surface area contributed by atoms with E-state index in [0.717, 1.165) is 20.3 Å². The summed E-state index contributed by atoms with van der Waals surface area (Å²) in [6, 6.07) is 3.09. The number of nitrogens with zero attached hydrogens (tertiary/aromatic N) is 1. The van der Waals surface area contributed by atoms with Crippen LogP contribution in [-0.4, -0.2) is 36.9 Å². The Balaban J connectivity index is 2.71. The van der Waals surface area contributed by atoms with Crippen molar-refractivity contribution in [1.29, 1.82) is 0 Å². The van der Waals surface area contributed by atoms with Gasteiger partial charge in [-0.15, -0.1) is 0 Å². The average molecular weight is 322 g/mol. The summed E-state index contributed by atoms with van der Waals surface area (Å²) in [5.41, 5.74) is -1.94. The first kappa shape index (κ1) is 15.9. The summed E-state index contributed by atoms with van der Waals surface area (Å²) in [7, 11) is 2.28. The van der Waals surface area contributed by atoms with Gasteiger partial charge in [0.15, 0.2) is 11.2 Å². The number of ether oxygens (including phenoxy) is 2. The summed E-state index contributed by atoms with van der Waals surface area (Å²) in [5.74, 6) is -2.52. The minimum Gasteiger partial charge on any atom is -0.468 e. The number of rotatable bonds is 3. The highest BCUT2D eigenvalue weighted by atomic mass is 35.5. The van der Waals surface area contributed by atoms with Crippen LogP contribution in [0.4, 0.5) is 0 Å². The molecule has 1 aliphatic carbocycles. The van der Waals surface area contributed by atoms with Gasteiger partial charge in [-0.1, -0.05) is 17.7 Å². The lowest BCUT2D eigenvalue weighted by Crippen LogP contribution is -2.46. The number of hydrogen-bond acceptors (Lipinski definition) is 6. The van der Waals surface area contributed by atoms with Crippen LogP contribution in [-0.2, 0) is 29.3 Å². The van der Waals surface area contributed by atoms with Gasteiger partial charge in [0.1, 0.15) is 5.57 Å². The maximum absolute atomic E-state index is 12.8. The van der Waals surface area contributed by atoms with Crippen molar-refractivity contribution in [2.45, 2.75) is 5.41 Å². The number of methoxy groups -OCH3 is 2. The van der Waals surface area contributed by atoms with Crippen molar-refractivity contribution >= 4 is 29.3 Å². The molecule has 1 aliphatic rings. The van der Waals surface area contributed by atoms with Crippen LogP contribution in [0.25, 0.3) is 0 Å². The van der Waals surface area contributed by atoms with E-state index >= 15 is 0 Å². The van der Waals surface area contributed by atoms with Crippen molar-refractivity contribution in [2.75, 3.05) is 14.2 Å². The second-order valence-corrected chi connectivity index (χ2v) is 4.89. The summed E-state index contributed by atoms with van der Waals surface area (Å²) in [6.07, 6.45) is 5.24. The molecule has 0 aromatic carbocycles. The second-order valence-electron chi connectivity index (χ2n) is 4.45. The Kier molecular flexibility index (Phi) is 4.42. The van der Waals surface area contributed by atoms with E-state index in [1.54, 1.807) is 6.07 Å². The number of Topliss-reactive ketones (excluding diaryl/α,β-unsaturated/α-hetero) is 1. The predicted octanol–water partition coefficient (Wildman–Crippen LogP) is 1.30. The normalized spacial score (nSPS) is 20.8. The van der Waals surface area contributed by atoms with E-state index in [4.69, 9.17) is 16.3 Å². The first-order valence-corrected chi connectivity index (χ1v) is 6.57. The van der Waals surface area contributed by atoms with Crippen LogP contribution in [0.3, 0.4) is 0 Å². The number of carbonyl (C=O) groups excluding carboxylic acids is 3. The summed E-state index contributed by atoms with van der Waals surface area (Å²) < 4.78 is 9.33. The van der Waals surface area contributed by atoms with E-state index in [9.17, 15) is 14.4 Å². The van der Waals surface area contributed by atoms with E-state index < -0.39 is 23.1 Å². The standard InChI is InChI=1S/C15H12ClNO5/c1-21-13(19)11-6-10(16)7-15(12(11)18,14(20)22-2)9-4-3-5-17-8-9/h3-8H,1-2H3. The highest BCUT2D eigenvalue weighted by Gasteiger charge is 2.51. The fourth-order valence-corrected chi connectivity index (χ4v) is 2.51. The molecule has 0 spiro atoms. The molecule has 1 unspecified atom stereocenters. The molecular formula is C15H12ClNO5. The maximum Gasteiger partial charge on any atom is 0.341 e. The van der Waals surface area contributed by atoms with Gasteiger partial charge in [-0.2, -0.15) is 0 Å². The van der Waals surface area contributed by atoms with Gasteiger partial charge in [-0.25, -0.2) is 4.79 Å². The van der Waals surface area contributed by atoms with Gasteiger partial charge in [0.25, 0.3) is 0 Å². The smallest absolute Gasteiger partial charge is 0.341 e. The van der Waals surface area contributed by atoms with Crippen LogP contribution in [0.15, 0.2) is 47.3 Å². The molecule has 1 aromatic heterocycles. The Bertz CT molecular complexity index is 695. The molecule has 0 saturated carbocycles. The van der Waals surface area contributed by atoms with Crippen LogP contribution in [0.2, 0.25) is 0 Å². The van der Waals surface area contributed by atoms with Gasteiger partial charge >= 0.3 is 11.9 Å². The topological polar surface area (TPSA) is 82.6 Å². The number of hydrogen-bond donors (Lipinski definition) is 0. The molecule has 0 fully saturated rings. The number of esters is 2. The number of carbonyl (C=O) groups is 3. The molecule has 22 heavy (non-hydrogen) atoms. The minimum atomic E-state index is -1.86. The molecular weight excluding hydrogens is 310 g/mol. The third-order valence-electron chi connectivity index (χ3n) is 3.27. The van der Waals surface area contributed by atoms with Gasteiger partial charge in [0, 0.05) is 17.4 Å². The van der Waals surface area contributed by atoms with E-state index in [2.05, 4.69) is 9.72 Å². The maximum atomic E-state index is 12.8. The molecule has 1 aromatic rings. The number of pyridine rings is 1. The van der Waals surface area contributed by atoms with Crippen LogP contribution < -0.4 is 0 Å². The van der Waals surface area contributed by atoms with Gasteiger partial charge in [0.2, 0.25) is 0 Å². The molecule has 0 bridgehead atoms. The van der Waals surface area contributed by atoms with E-state index in [0.29, 0.717) is 0 Å². The molecule has 0 radical (unpaired) electrons. The third-order valence-corrected chi connectivity index (χ3v) is 3.49. The van der Waals surface area contributed by atoms with Crippen LogP contribution in [0, 0.1) is 0 Å². The molecule has 114 valence electrons. The fourth-order valence-electron chi connectivity index (χ4n) is 2.23. The number of halogens is 1. The molecule has 0 N–H and O–H groups in total. The van der Waals surface area contributed by atoms with Gasteiger partial charge in [-0.3, -0.25) is 14.6 Å². The Morgan fingerprint density at radius 1 is 1.27 bits per heavy atom. The average Bonchev–Trinajstić information content (AvgIpc) is 2.55. The third kappa shape index (κ3) is 2.42. The summed E-state index contributed by atoms with van der Waals surface area (Å²) in [5, 5.41) is 0.0502. The van der Waals surface area contributed by atoms with Crippen molar-refractivity contribution in [1.82, 2.24) is 4.98 Å². The quantitative estimate of drug-likeness (QED) is 0.474. The molecule has 0 saturated heterocycles. The minimum absolute atomic E-state index is 0.0502. The predicted molar refractivity (Wildman–Crippen MR) is 77.0 cm³/mol. The highest BCUT2D eigenvalue weighted by molar-refractivity contribution is 6.37. The lowest BCUT2D eigenvalue weighted by atomic mass is 9.72. The van der Waals surface area contributed by atoms with Crippen molar-refractivity contribution < 1.29 is 23.9 Å². The van der Waals surface area contributed by atoms with Gasteiger partial charge in [0.05, 0.1) is 14.2 Å². The Morgan fingerprint density at radius 3 is 2.55 bits per heavy atom. The van der Waals surface area contributed by atoms with E-state index in [1.165, 1.54) is 24.5 Å². The molecule has 6 nitrogen and oxygen atoms in total. The number of allylic oxidation sites excluding steroid dienone is 2. The van der Waals surface area contributed by atoms with Crippen LogP contribution in [0.5, 0.6) is 0 Å². The zero-order valence-electron chi connectivity index (χ0n) is 11.8. The van der Waals surface area contributed by atoms with Crippen molar-refractivity contribution in [3.63, 3.8) is 0 Å². The fraction of sp³-hybridized carbons (Fsp3) is 0.200. The first-order chi connectivity index (χ1) is 10.5. The lowest BCUT2D eigenvalue weighted by molar-refractivity contribution is -0.149. The van der Waals surface area contributed by atoms with E-state index in [-0.39, 0.29) is 16.2 Å². The number of ketones is 1. The molecule has 1 atom stereocenters. The number of aromatic nitrogens is 1. The van der Waals surface area contributed by atoms with Crippen molar-refractivity contribution in [3.8, 4) is 0 Å². The Labute approximate surface area is 131 Å². The molecule has 0 aliphatic heterocycles. The first-order valence-electron chi connectivity index (χ1n) is 6.19. The molecule has 0 amide bonds. The van der Waals surface area contributed by atoms with Crippen LogP contribution >= 0.6 is 11.6 Å². The zero-order valence-corrected chi connectivity index (χ0v) is 12.6. The molecule has 2 rings (SSSR count). The Hall–Kier alpha value is -2.47. The summed E-state index contributed by atoms with van der Waals surface area (Å²) >= 11 is 6.01. The van der Waals surface area contributed by atoms with Crippen LogP contribution in [0.1, 0.15) is 5.56 Å².